The van der Waals surface area contributed by atoms with Crippen LogP contribution < -0.4 is 4.74 Å². The fourth-order valence-corrected chi connectivity index (χ4v) is 3.12. The van der Waals surface area contributed by atoms with Gasteiger partial charge in [0.15, 0.2) is 0 Å². The predicted octanol–water partition coefficient (Wildman–Crippen LogP) is 6.56. The molecule has 0 atom stereocenters. The van der Waals surface area contributed by atoms with Crippen molar-refractivity contribution in [3.05, 3.63) is 59.4 Å². The second-order valence-corrected chi connectivity index (χ2v) is 7.17. The topological polar surface area (TPSA) is 22.1 Å². The first-order chi connectivity index (χ1) is 12.8. The summed E-state index contributed by atoms with van der Waals surface area (Å²) in [6, 6.07) is 13.0. The molecular formula is C24H35NO. The number of unbranched alkanes of at least 4 members (excludes halogenated alkanes) is 5. The van der Waals surface area contributed by atoms with Gasteiger partial charge in [-0.3, -0.25) is 4.98 Å². The molecule has 1 aromatic carbocycles. The van der Waals surface area contributed by atoms with Gasteiger partial charge in [-0.25, -0.2) is 0 Å². The Kier molecular flexibility index (Phi) is 9.86. The zero-order valence-corrected chi connectivity index (χ0v) is 16.7. The Morgan fingerprint density at radius 3 is 2.08 bits per heavy atom. The van der Waals surface area contributed by atoms with Gasteiger partial charge in [-0.1, -0.05) is 70.6 Å². The zero-order valence-electron chi connectivity index (χ0n) is 16.7. The highest BCUT2D eigenvalue weighted by molar-refractivity contribution is 5.28. The Hall–Kier alpha value is -1.83. The van der Waals surface area contributed by atoms with Gasteiger partial charge in [0.2, 0.25) is 0 Å². The monoisotopic (exact) mass is 353 g/mol. The lowest BCUT2D eigenvalue weighted by molar-refractivity contribution is 0.304. The van der Waals surface area contributed by atoms with E-state index in [-0.39, 0.29) is 0 Å². The molecule has 0 aliphatic carbocycles. The molecule has 0 bridgehead atoms. The van der Waals surface area contributed by atoms with Crippen molar-refractivity contribution in [2.75, 3.05) is 6.61 Å². The summed E-state index contributed by atoms with van der Waals surface area (Å²) in [7, 11) is 0. The molecule has 0 spiro atoms. The van der Waals surface area contributed by atoms with E-state index in [9.17, 15) is 0 Å². The van der Waals surface area contributed by atoms with Gasteiger partial charge < -0.3 is 4.74 Å². The molecule has 2 heteroatoms. The lowest BCUT2D eigenvalue weighted by Gasteiger charge is -2.08. The minimum atomic E-state index is 0.835. The van der Waals surface area contributed by atoms with Gasteiger partial charge in [0.1, 0.15) is 5.75 Å². The number of hydrogen-bond acceptors (Lipinski definition) is 2. The predicted molar refractivity (Wildman–Crippen MR) is 111 cm³/mol. The molecule has 1 heterocycles. The molecule has 142 valence electrons. The van der Waals surface area contributed by atoms with Crippen LogP contribution >= 0.6 is 0 Å². The van der Waals surface area contributed by atoms with Crippen LogP contribution in [-0.4, -0.2) is 11.6 Å². The number of rotatable bonds is 13. The van der Waals surface area contributed by atoms with Crippen molar-refractivity contribution >= 4 is 0 Å². The number of ether oxygens (including phenoxy) is 1. The molecule has 0 saturated heterocycles. The summed E-state index contributed by atoms with van der Waals surface area (Å²) in [4.78, 5) is 4.54. The van der Waals surface area contributed by atoms with E-state index in [2.05, 4.69) is 55.2 Å². The van der Waals surface area contributed by atoms with Crippen LogP contribution in [0.5, 0.6) is 5.75 Å². The quantitative estimate of drug-likeness (QED) is 0.380. The Balaban J connectivity index is 1.65. The number of aromatic nitrogens is 1. The van der Waals surface area contributed by atoms with Gasteiger partial charge in [-0.2, -0.15) is 0 Å². The number of nitrogens with zero attached hydrogens (tertiary/aromatic N) is 1. The average Bonchev–Trinajstić information content (AvgIpc) is 2.68. The minimum absolute atomic E-state index is 0.835. The third kappa shape index (κ3) is 8.03. The number of aryl methyl sites for hydroxylation is 3. The smallest absolute Gasteiger partial charge is 0.119 e. The van der Waals surface area contributed by atoms with Gasteiger partial charge in [0.25, 0.3) is 0 Å². The highest BCUT2D eigenvalue weighted by atomic mass is 16.5. The summed E-state index contributed by atoms with van der Waals surface area (Å²) in [6.07, 6.45) is 14.2. The maximum Gasteiger partial charge on any atom is 0.119 e. The first-order valence-electron chi connectivity index (χ1n) is 10.5. The average molecular weight is 354 g/mol. The van der Waals surface area contributed by atoms with Crippen LogP contribution in [0, 0.1) is 0 Å². The number of benzene rings is 1. The van der Waals surface area contributed by atoms with E-state index in [0.29, 0.717) is 0 Å². The molecule has 2 nitrogen and oxygen atoms in total. The molecule has 0 fully saturated rings. The number of pyridine rings is 1. The lowest BCUT2D eigenvalue weighted by atomic mass is 10.1. The molecule has 2 aromatic rings. The molecule has 0 aliphatic rings. The SMILES string of the molecule is CCCCCCCCOc1ccc(CCc2ccc(CCC)nc2)cc1. The van der Waals surface area contributed by atoms with E-state index in [1.54, 1.807) is 0 Å². The maximum atomic E-state index is 5.86. The van der Waals surface area contributed by atoms with E-state index in [1.165, 1.54) is 48.9 Å². The summed E-state index contributed by atoms with van der Waals surface area (Å²) in [5.41, 5.74) is 3.87. The normalized spacial score (nSPS) is 10.8. The van der Waals surface area contributed by atoms with E-state index >= 15 is 0 Å². The molecule has 0 amide bonds. The molecule has 0 aliphatic heterocycles. The van der Waals surface area contributed by atoms with Crippen LogP contribution in [0.2, 0.25) is 0 Å². The molecular weight excluding hydrogens is 318 g/mol. The standard InChI is InChI=1S/C24H35NO/c1-3-5-6-7-8-9-19-26-24-17-14-21(15-18-24)11-12-22-13-16-23(10-4-2)25-20-22/h13-18,20H,3-12,19H2,1-2H3. The van der Waals surface area contributed by atoms with Crippen molar-refractivity contribution in [1.82, 2.24) is 4.98 Å². The summed E-state index contributed by atoms with van der Waals surface area (Å²) in [5, 5.41) is 0. The summed E-state index contributed by atoms with van der Waals surface area (Å²) < 4.78 is 5.86. The first-order valence-corrected chi connectivity index (χ1v) is 10.5. The number of hydrogen-bond donors (Lipinski definition) is 0. The Morgan fingerprint density at radius 1 is 0.692 bits per heavy atom. The van der Waals surface area contributed by atoms with Gasteiger partial charge in [0, 0.05) is 11.9 Å². The summed E-state index contributed by atoms with van der Waals surface area (Å²) >= 11 is 0. The van der Waals surface area contributed by atoms with Gasteiger partial charge >= 0.3 is 0 Å². The Morgan fingerprint density at radius 2 is 1.38 bits per heavy atom. The second-order valence-electron chi connectivity index (χ2n) is 7.17. The highest BCUT2D eigenvalue weighted by Gasteiger charge is 2.00. The Bertz CT molecular complexity index is 589. The van der Waals surface area contributed by atoms with Crippen molar-refractivity contribution in [2.24, 2.45) is 0 Å². The molecule has 0 N–H and O–H groups in total. The first kappa shape index (κ1) is 20.5. The third-order valence-corrected chi connectivity index (χ3v) is 4.78. The van der Waals surface area contributed by atoms with E-state index in [4.69, 9.17) is 4.74 Å². The summed E-state index contributed by atoms with van der Waals surface area (Å²) in [5.74, 6) is 0.993. The second kappa shape index (κ2) is 12.5. The van der Waals surface area contributed by atoms with E-state index in [0.717, 1.165) is 44.5 Å². The fourth-order valence-electron chi connectivity index (χ4n) is 3.12. The van der Waals surface area contributed by atoms with E-state index < -0.39 is 0 Å². The zero-order chi connectivity index (χ0) is 18.5. The highest BCUT2D eigenvalue weighted by Crippen LogP contribution is 2.15. The van der Waals surface area contributed by atoms with Crippen LogP contribution in [0.15, 0.2) is 42.6 Å². The molecule has 1 aromatic heterocycles. The van der Waals surface area contributed by atoms with Crippen LogP contribution in [0.4, 0.5) is 0 Å². The maximum absolute atomic E-state index is 5.86. The van der Waals surface area contributed by atoms with Crippen LogP contribution in [0.3, 0.4) is 0 Å². The molecule has 2 rings (SSSR count). The van der Waals surface area contributed by atoms with Crippen LogP contribution in [0.25, 0.3) is 0 Å². The van der Waals surface area contributed by atoms with Gasteiger partial charge in [-0.05, 0) is 55.0 Å². The Labute approximate surface area is 160 Å². The van der Waals surface area contributed by atoms with Gasteiger partial charge in [0.05, 0.1) is 6.61 Å². The molecule has 0 radical (unpaired) electrons. The van der Waals surface area contributed by atoms with Crippen molar-refractivity contribution in [3.63, 3.8) is 0 Å². The molecule has 26 heavy (non-hydrogen) atoms. The lowest BCUT2D eigenvalue weighted by Crippen LogP contribution is -1.98. The van der Waals surface area contributed by atoms with Crippen molar-refractivity contribution < 1.29 is 4.74 Å². The fraction of sp³-hybridized carbons (Fsp3) is 0.542. The van der Waals surface area contributed by atoms with Crippen molar-refractivity contribution in [2.45, 2.75) is 78.1 Å². The van der Waals surface area contributed by atoms with Gasteiger partial charge in [-0.15, -0.1) is 0 Å². The van der Waals surface area contributed by atoms with Crippen molar-refractivity contribution in [3.8, 4) is 5.75 Å². The van der Waals surface area contributed by atoms with Crippen molar-refractivity contribution in [1.29, 1.82) is 0 Å². The van der Waals surface area contributed by atoms with Crippen LogP contribution in [0.1, 0.15) is 75.6 Å². The summed E-state index contributed by atoms with van der Waals surface area (Å²) in [6.45, 7) is 5.28. The molecule has 0 unspecified atom stereocenters. The third-order valence-electron chi connectivity index (χ3n) is 4.78. The largest absolute Gasteiger partial charge is 0.494 e. The minimum Gasteiger partial charge on any atom is -0.494 e. The van der Waals surface area contributed by atoms with E-state index in [1.807, 2.05) is 6.20 Å². The van der Waals surface area contributed by atoms with Crippen LogP contribution in [-0.2, 0) is 19.3 Å². The molecule has 0 saturated carbocycles.